The fourth-order valence-electron chi connectivity index (χ4n) is 0.996. The van der Waals surface area contributed by atoms with Crippen molar-refractivity contribution in [2.24, 2.45) is 0 Å². The van der Waals surface area contributed by atoms with Crippen LogP contribution in [0.5, 0.6) is 0 Å². The average molecular weight is 335 g/mol. The standard InChI is InChI=1S/C10H11BrN2O2S2/c1-2-7-12-10(16)13-17(14,15)9-5-3-8(11)4-6-9/h2-6H,1,7H2,(H2,12,13,16). The molecule has 0 atom stereocenters. The van der Waals surface area contributed by atoms with Gasteiger partial charge < -0.3 is 5.32 Å². The highest BCUT2D eigenvalue weighted by Crippen LogP contribution is 2.14. The van der Waals surface area contributed by atoms with Crippen LogP contribution in [0.15, 0.2) is 46.3 Å². The lowest BCUT2D eigenvalue weighted by Crippen LogP contribution is -2.39. The molecule has 0 saturated heterocycles. The molecule has 0 spiro atoms. The molecule has 1 aromatic rings. The van der Waals surface area contributed by atoms with Gasteiger partial charge in [0.05, 0.1) is 4.90 Å². The molecule has 0 aromatic heterocycles. The minimum Gasteiger partial charge on any atom is -0.358 e. The van der Waals surface area contributed by atoms with E-state index >= 15 is 0 Å². The molecular weight excluding hydrogens is 324 g/mol. The number of sulfonamides is 1. The van der Waals surface area contributed by atoms with Crippen LogP contribution in [0.3, 0.4) is 0 Å². The molecule has 0 aliphatic heterocycles. The zero-order valence-electron chi connectivity index (χ0n) is 8.81. The van der Waals surface area contributed by atoms with E-state index in [1.165, 1.54) is 12.1 Å². The second-order valence-corrected chi connectivity index (χ2v) is 6.06. The molecular formula is C10H11BrN2O2S2. The van der Waals surface area contributed by atoms with Crippen LogP contribution < -0.4 is 10.0 Å². The van der Waals surface area contributed by atoms with Gasteiger partial charge in [0.1, 0.15) is 0 Å². The van der Waals surface area contributed by atoms with Gasteiger partial charge in [-0.15, -0.1) is 6.58 Å². The summed E-state index contributed by atoms with van der Waals surface area (Å²) >= 11 is 8.07. The van der Waals surface area contributed by atoms with Crippen molar-refractivity contribution in [2.45, 2.75) is 4.90 Å². The van der Waals surface area contributed by atoms with E-state index in [0.29, 0.717) is 6.54 Å². The summed E-state index contributed by atoms with van der Waals surface area (Å²) in [7, 11) is -3.62. The maximum absolute atomic E-state index is 11.8. The lowest BCUT2D eigenvalue weighted by Gasteiger charge is -2.09. The van der Waals surface area contributed by atoms with Gasteiger partial charge in [0, 0.05) is 11.0 Å². The first-order valence-corrected chi connectivity index (χ1v) is 7.31. The van der Waals surface area contributed by atoms with E-state index < -0.39 is 10.0 Å². The summed E-state index contributed by atoms with van der Waals surface area (Å²) in [6.07, 6.45) is 1.58. The first kappa shape index (κ1) is 14.1. The monoisotopic (exact) mass is 334 g/mol. The summed E-state index contributed by atoms with van der Waals surface area (Å²) in [5.74, 6) is 0. The predicted molar refractivity (Wildman–Crippen MR) is 75.3 cm³/mol. The zero-order valence-corrected chi connectivity index (χ0v) is 12.0. The van der Waals surface area contributed by atoms with Gasteiger partial charge in [-0.2, -0.15) is 0 Å². The first-order chi connectivity index (χ1) is 7.95. The summed E-state index contributed by atoms with van der Waals surface area (Å²) in [5, 5.41) is 2.73. The van der Waals surface area contributed by atoms with Crippen LogP contribution in [0.2, 0.25) is 0 Å². The van der Waals surface area contributed by atoms with Crippen molar-refractivity contribution >= 4 is 43.3 Å². The Kier molecular flexibility index (Phi) is 5.10. The minimum atomic E-state index is -3.62. The number of nitrogens with one attached hydrogen (secondary N) is 2. The highest BCUT2D eigenvalue weighted by Gasteiger charge is 2.14. The van der Waals surface area contributed by atoms with E-state index in [0.717, 1.165) is 4.47 Å². The molecule has 0 bridgehead atoms. The normalized spacial score (nSPS) is 10.6. The van der Waals surface area contributed by atoms with Crippen LogP contribution >= 0.6 is 28.1 Å². The molecule has 1 aromatic carbocycles. The van der Waals surface area contributed by atoms with Crippen LogP contribution in [0, 0.1) is 0 Å². The molecule has 0 heterocycles. The number of hydrogen-bond donors (Lipinski definition) is 2. The van der Waals surface area contributed by atoms with Crippen molar-refractivity contribution in [3.8, 4) is 0 Å². The Morgan fingerprint density at radius 2 is 2.00 bits per heavy atom. The number of rotatable bonds is 4. The van der Waals surface area contributed by atoms with Gasteiger partial charge in [-0.25, -0.2) is 8.42 Å². The van der Waals surface area contributed by atoms with Gasteiger partial charge in [-0.3, -0.25) is 4.72 Å². The summed E-state index contributed by atoms with van der Waals surface area (Å²) in [4.78, 5) is 0.156. The lowest BCUT2D eigenvalue weighted by atomic mass is 10.4. The van der Waals surface area contributed by atoms with Crippen molar-refractivity contribution < 1.29 is 8.42 Å². The van der Waals surface area contributed by atoms with E-state index in [1.54, 1.807) is 18.2 Å². The molecule has 0 fully saturated rings. The molecule has 92 valence electrons. The Labute approximate surface area is 114 Å². The van der Waals surface area contributed by atoms with Crippen molar-refractivity contribution in [3.05, 3.63) is 41.4 Å². The second kappa shape index (κ2) is 6.13. The molecule has 0 aliphatic rings. The Balaban J connectivity index is 2.78. The first-order valence-electron chi connectivity index (χ1n) is 4.63. The van der Waals surface area contributed by atoms with E-state index in [9.17, 15) is 8.42 Å². The van der Waals surface area contributed by atoms with Crippen LogP contribution in [0.4, 0.5) is 0 Å². The number of benzene rings is 1. The summed E-state index contributed by atoms with van der Waals surface area (Å²) in [6.45, 7) is 3.90. The molecule has 4 nitrogen and oxygen atoms in total. The Morgan fingerprint density at radius 3 is 2.53 bits per heavy atom. The highest BCUT2D eigenvalue weighted by molar-refractivity contribution is 9.10. The Bertz CT molecular complexity index is 512. The molecule has 7 heteroatoms. The third kappa shape index (κ3) is 4.45. The average Bonchev–Trinajstić information content (AvgIpc) is 2.26. The number of hydrogen-bond acceptors (Lipinski definition) is 3. The van der Waals surface area contributed by atoms with Gasteiger partial charge in [0.15, 0.2) is 5.11 Å². The van der Waals surface area contributed by atoms with Crippen LogP contribution in [0.25, 0.3) is 0 Å². The molecule has 0 amide bonds. The molecule has 2 N–H and O–H groups in total. The molecule has 1 rings (SSSR count). The third-order valence-corrected chi connectivity index (χ3v) is 4.03. The van der Waals surface area contributed by atoms with Gasteiger partial charge in [-0.1, -0.05) is 22.0 Å². The fourth-order valence-corrected chi connectivity index (χ4v) is 2.60. The lowest BCUT2D eigenvalue weighted by molar-refractivity contribution is 0.592. The Morgan fingerprint density at radius 1 is 1.41 bits per heavy atom. The van der Waals surface area contributed by atoms with Crippen LogP contribution in [-0.4, -0.2) is 20.1 Å². The maximum Gasteiger partial charge on any atom is 0.263 e. The van der Waals surface area contributed by atoms with Crippen molar-refractivity contribution in [2.75, 3.05) is 6.54 Å². The van der Waals surface area contributed by atoms with E-state index in [-0.39, 0.29) is 10.0 Å². The topological polar surface area (TPSA) is 58.2 Å². The van der Waals surface area contributed by atoms with Gasteiger partial charge in [0.2, 0.25) is 0 Å². The molecule has 0 unspecified atom stereocenters. The summed E-state index contributed by atoms with van der Waals surface area (Å²) < 4.78 is 26.7. The largest absolute Gasteiger partial charge is 0.358 e. The number of thiocarbonyl (C=S) groups is 1. The van der Waals surface area contributed by atoms with Crippen molar-refractivity contribution in [1.82, 2.24) is 10.0 Å². The van der Waals surface area contributed by atoms with Crippen molar-refractivity contribution in [3.63, 3.8) is 0 Å². The molecule has 0 radical (unpaired) electrons. The molecule has 0 aliphatic carbocycles. The van der Waals surface area contributed by atoms with Gasteiger partial charge >= 0.3 is 0 Å². The Hall–Kier alpha value is -0.920. The van der Waals surface area contributed by atoms with Crippen molar-refractivity contribution in [1.29, 1.82) is 0 Å². The minimum absolute atomic E-state index is 0.0489. The molecule has 0 saturated carbocycles. The summed E-state index contributed by atoms with van der Waals surface area (Å²) in [6, 6.07) is 6.27. The SMILES string of the molecule is C=CCNC(=S)NS(=O)(=O)c1ccc(Br)cc1. The number of halogens is 1. The van der Waals surface area contributed by atoms with Gasteiger partial charge in [0.25, 0.3) is 10.0 Å². The predicted octanol–water partition coefficient (Wildman–Crippen LogP) is 1.79. The third-order valence-electron chi connectivity index (χ3n) is 1.76. The summed E-state index contributed by atoms with van der Waals surface area (Å²) in [5.41, 5.74) is 0. The maximum atomic E-state index is 11.8. The van der Waals surface area contributed by atoms with Crippen LogP contribution in [-0.2, 0) is 10.0 Å². The van der Waals surface area contributed by atoms with E-state index in [1.807, 2.05) is 0 Å². The fraction of sp³-hybridized carbons (Fsp3) is 0.100. The zero-order chi connectivity index (χ0) is 12.9. The van der Waals surface area contributed by atoms with Gasteiger partial charge in [-0.05, 0) is 36.5 Å². The highest BCUT2D eigenvalue weighted by atomic mass is 79.9. The molecule has 17 heavy (non-hydrogen) atoms. The van der Waals surface area contributed by atoms with Crippen LogP contribution in [0.1, 0.15) is 0 Å². The smallest absolute Gasteiger partial charge is 0.263 e. The van der Waals surface area contributed by atoms with E-state index in [4.69, 9.17) is 12.2 Å². The van der Waals surface area contributed by atoms with E-state index in [2.05, 4.69) is 32.5 Å². The second-order valence-electron chi connectivity index (χ2n) is 3.06. The quantitative estimate of drug-likeness (QED) is 0.651.